The molecule has 4 nitrogen and oxygen atoms in total. The Morgan fingerprint density at radius 2 is 2.19 bits per heavy atom. The largest absolute Gasteiger partial charge is 0.383 e. The third-order valence-corrected chi connectivity index (χ3v) is 1.72. The van der Waals surface area contributed by atoms with Crippen LogP contribution in [0.1, 0.15) is 10.4 Å². The van der Waals surface area contributed by atoms with Crippen LogP contribution in [0.4, 0.5) is 13.2 Å². The van der Waals surface area contributed by atoms with Crippen LogP contribution in [0.3, 0.4) is 0 Å². The van der Waals surface area contributed by atoms with Crippen molar-refractivity contribution in [3.63, 3.8) is 0 Å². The van der Waals surface area contributed by atoms with Crippen molar-refractivity contribution in [1.29, 1.82) is 0 Å². The first kappa shape index (κ1) is 12.4. The predicted molar refractivity (Wildman–Crippen MR) is 48.3 cm³/mol. The molecule has 1 aromatic heterocycles. The van der Waals surface area contributed by atoms with Gasteiger partial charge in [-0.25, -0.2) is 4.39 Å². The summed E-state index contributed by atoms with van der Waals surface area (Å²) in [4.78, 5) is 13.9. The molecule has 7 heteroatoms. The Morgan fingerprint density at radius 3 is 2.81 bits per heavy atom. The summed E-state index contributed by atoms with van der Waals surface area (Å²) in [6, 6.07) is 0.528. The minimum Gasteiger partial charge on any atom is -0.383 e. The standard InChI is InChI=1S/C9H9F3N2O2/c1-16-3-2-13-9(15)5-4-6(10)14-8(12)7(5)11/h4H,2-3H2,1H3,(H,13,15). The van der Waals surface area contributed by atoms with Gasteiger partial charge in [0.05, 0.1) is 12.2 Å². The fraction of sp³-hybridized carbons (Fsp3) is 0.333. The number of halogens is 3. The Morgan fingerprint density at radius 1 is 1.50 bits per heavy atom. The van der Waals surface area contributed by atoms with E-state index in [2.05, 4.69) is 15.0 Å². The molecule has 0 radical (unpaired) electrons. The van der Waals surface area contributed by atoms with Crippen LogP contribution in [0, 0.1) is 17.7 Å². The highest BCUT2D eigenvalue weighted by molar-refractivity contribution is 5.94. The number of amides is 1. The van der Waals surface area contributed by atoms with E-state index in [-0.39, 0.29) is 13.2 Å². The maximum Gasteiger partial charge on any atom is 0.254 e. The molecule has 1 heterocycles. The van der Waals surface area contributed by atoms with Crippen LogP contribution >= 0.6 is 0 Å². The summed E-state index contributed by atoms with van der Waals surface area (Å²) in [5, 5.41) is 2.23. The summed E-state index contributed by atoms with van der Waals surface area (Å²) in [7, 11) is 1.42. The van der Waals surface area contributed by atoms with Crippen molar-refractivity contribution < 1.29 is 22.7 Å². The van der Waals surface area contributed by atoms with Crippen molar-refractivity contribution in [2.75, 3.05) is 20.3 Å². The van der Waals surface area contributed by atoms with Crippen molar-refractivity contribution in [3.05, 3.63) is 29.3 Å². The monoisotopic (exact) mass is 234 g/mol. The van der Waals surface area contributed by atoms with Gasteiger partial charge in [-0.05, 0) is 0 Å². The molecule has 1 amide bonds. The molecular weight excluding hydrogens is 225 g/mol. The molecule has 0 fully saturated rings. The van der Waals surface area contributed by atoms with Gasteiger partial charge >= 0.3 is 0 Å². The lowest BCUT2D eigenvalue weighted by molar-refractivity contribution is 0.0931. The molecule has 1 N–H and O–H groups in total. The van der Waals surface area contributed by atoms with E-state index in [1.165, 1.54) is 7.11 Å². The van der Waals surface area contributed by atoms with Gasteiger partial charge in [0, 0.05) is 19.7 Å². The van der Waals surface area contributed by atoms with E-state index in [1.54, 1.807) is 0 Å². The van der Waals surface area contributed by atoms with Gasteiger partial charge in [0.25, 0.3) is 11.9 Å². The van der Waals surface area contributed by atoms with Gasteiger partial charge in [0.1, 0.15) is 0 Å². The number of pyridine rings is 1. The highest BCUT2D eigenvalue weighted by atomic mass is 19.2. The van der Waals surface area contributed by atoms with Crippen LogP contribution in [-0.4, -0.2) is 31.2 Å². The number of methoxy groups -OCH3 is 1. The number of ether oxygens (including phenoxy) is 1. The zero-order chi connectivity index (χ0) is 12.1. The summed E-state index contributed by atoms with van der Waals surface area (Å²) in [5.74, 6) is -5.29. The number of carbonyl (C=O) groups excluding carboxylic acids is 1. The SMILES string of the molecule is COCCNC(=O)c1cc(F)nc(F)c1F. The highest BCUT2D eigenvalue weighted by Gasteiger charge is 2.18. The van der Waals surface area contributed by atoms with Crippen LogP contribution in [0.15, 0.2) is 6.07 Å². The zero-order valence-corrected chi connectivity index (χ0v) is 8.39. The molecule has 0 aliphatic heterocycles. The average Bonchev–Trinajstić information content (AvgIpc) is 2.23. The maximum absolute atomic E-state index is 13.0. The summed E-state index contributed by atoms with van der Waals surface area (Å²) < 4.78 is 43.0. The molecule has 0 aliphatic rings. The minimum absolute atomic E-state index is 0.111. The first-order valence-corrected chi connectivity index (χ1v) is 4.35. The van der Waals surface area contributed by atoms with Crippen molar-refractivity contribution in [2.24, 2.45) is 0 Å². The van der Waals surface area contributed by atoms with Crippen LogP contribution in [-0.2, 0) is 4.74 Å². The average molecular weight is 234 g/mol. The minimum atomic E-state index is -1.64. The Kier molecular flexibility index (Phi) is 4.24. The molecule has 0 spiro atoms. The van der Waals surface area contributed by atoms with Gasteiger partial charge in [-0.3, -0.25) is 4.79 Å². The summed E-state index contributed by atoms with van der Waals surface area (Å²) in [6.07, 6.45) is 0. The normalized spacial score (nSPS) is 10.2. The number of aromatic nitrogens is 1. The number of hydrogen-bond acceptors (Lipinski definition) is 3. The van der Waals surface area contributed by atoms with Gasteiger partial charge in [-0.2, -0.15) is 13.8 Å². The summed E-state index contributed by atoms with van der Waals surface area (Å²) in [6.45, 7) is 0.323. The summed E-state index contributed by atoms with van der Waals surface area (Å²) in [5.41, 5.74) is -0.721. The lowest BCUT2D eigenvalue weighted by Crippen LogP contribution is -2.28. The highest BCUT2D eigenvalue weighted by Crippen LogP contribution is 2.10. The van der Waals surface area contributed by atoms with Crippen LogP contribution in [0.2, 0.25) is 0 Å². The molecule has 1 rings (SSSR count). The topological polar surface area (TPSA) is 51.2 Å². The first-order valence-electron chi connectivity index (χ1n) is 4.35. The number of nitrogens with zero attached hydrogens (tertiary/aromatic N) is 1. The second-order valence-corrected chi connectivity index (χ2v) is 2.85. The number of hydrogen-bond donors (Lipinski definition) is 1. The third-order valence-electron chi connectivity index (χ3n) is 1.72. The molecular formula is C9H9F3N2O2. The van der Waals surface area contributed by atoms with E-state index in [0.717, 1.165) is 0 Å². The fourth-order valence-electron chi connectivity index (χ4n) is 0.996. The van der Waals surface area contributed by atoms with Gasteiger partial charge in [0.15, 0.2) is 5.82 Å². The molecule has 0 aromatic carbocycles. The Balaban J connectivity index is 2.82. The molecule has 0 unspecified atom stereocenters. The Labute approximate surface area is 89.4 Å². The Bertz CT molecular complexity index is 399. The molecule has 0 saturated carbocycles. The van der Waals surface area contributed by atoms with Gasteiger partial charge in [-0.15, -0.1) is 0 Å². The van der Waals surface area contributed by atoms with E-state index in [1.807, 2.05) is 0 Å². The van der Waals surface area contributed by atoms with Crippen molar-refractivity contribution in [1.82, 2.24) is 10.3 Å². The number of nitrogens with one attached hydrogen (secondary N) is 1. The second kappa shape index (κ2) is 5.45. The maximum atomic E-state index is 13.0. The van der Waals surface area contributed by atoms with Gasteiger partial charge < -0.3 is 10.1 Å². The van der Waals surface area contributed by atoms with Crippen LogP contribution in [0.5, 0.6) is 0 Å². The third kappa shape index (κ3) is 2.93. The molecule has 1 aromatic rings. The zero-order valence-electron chi connectivity index (χ0n) is 8.39. The van der Waals surface area contributed by atoms with Gasteiger partial charge in [0.2, 0.25) is 5.95 Å². The smallest absolute Gasteiger partial charge is 0.254 e. The second-order valence-electron chi connectivity index (χ2n) is 2.85. The predicted octanol–water partition coefficient (Wildman–Crippen LogP) is 0.875. The first-order chi connectivity index (χ1) is 7.56. The van der Waals surface area contributed by atoms with Crippen molar-refractivity contribution >= 4 is 5.91 Å². The van der Waals surface area contributed by atoms with E-state index >= 15 is 0 Å². The van der Waals surface area contributed by atoms with E-state index in [0.29, 0.717) is 6.07 Å². The molecule has 16 heavy (non-hydrogen) atoms. The molecule has 88 valence electrons. The van der Waals surface area contributed by atoms with Crippen molar-refractivity contribution in [2.45, 2.75) is 0 Å². The van der Waals surface area contributed by atoms with Gasteiger partial charge in [-0.1, -0.05) is 0 Å². The number of carbonyl (C=O) groups is 1. The quantitative estimate of drug-likeness (QED) is 0.621. The number of rotatable bonds is 4. The van der Waals surface area contributed by atoms with Crippen LogP contribution < -0.4 is 5.32 Å². The Hall–Kier alpha value is -1.63. The van der Waals surface area contributed by atoms with Crippen molar-refractivity contribution in [3.8, 4) is 0 Å². The van der Waals surface area contributed by atoms with E-state index < -0.39 is 29.2 Å². The molecule has 0 bridgehead atoms. The lowest BCUT2D eigenvalue weighted by Gasteiger charge is -2.05. The van der Waals surface area contributed by atoms with Crippen LogP contribution in [0.25, 0.3) is 0 Å². The molecule has 0 saturated heterocycles. The molecule has 0 atom stereocenters. The van der Waals surface area contributed by atoms with E-state index in [4.69, 9.17) is 0 Å². The lowest BCUT2D eigenvalue weighted by atomic mass is 10.2. The summed E-state index contributed by atoms with van der Waals surface area (Å²) >= 11 is 0. The fourth-order valence-corrected chi connectivity index (χ4v) is 0.996. The molecule has 0 aliphatic carbocycles. The van der Waals surface area contributed by atoms with E-state index in [9.17, 15) is 18.0 Å².